The van der Waals surface area contributed by atoms with Gasteiger partial charge >= 0.3 is 12.1 Å². The van der Waals surface area contributed by atoms with E-state index in [1.54, 1.807) is 12.4 Å². The molecule has 3 aliphatic heterocycles. The van der Waals surface area contributed by atoms with Crippen LogP contribution in [0, 0.1) is 17.8 Å². The van der Waals surface area contributed by atoms with Crippen molar-refractivity contribution in [3.8, 4) is 5.75 Å². The fraction of sp³-hybridized carbons (Fsp3) is 0.758. The van der Waals surface area contributed by atoms with Crippen LogP contribution in [0.1, 0.15) is 92.3 Å². The molecule has 2 aromatic heterocycles. The summed E-state index contributed by atoms with van der Waals surface area (Å²) in [7, 11) is 0. The molecule has 46 heavy (non-hydrogen) atoms. The highest BCUT2D eigenvalue weighted by atomic mass is 16.6. The van der Waals surface area contributed by atoms with Gasteiger partial charge in [0.1, 0.15) is 5.60 Å². The number of carbonyl (C=O) groups excluding carboxylic acids is 2. The molecular weight excluding hydrogens is 588 g/mol. The molecule has 0 radical (unpaired) electrons. The second-order valence-electron chi connectivity index (χ2n) is 14.7. The molecule has 0 bridgehead atoms. The fourth-order valence-corrected chi connectivity index (χ4v) is 6.61. The lowest BCUT2D eigenvalue weighted by Gasteiger charge is -2.37. The predicted octanol–water partition coefficient (Wildman–Crippen LogP) is 4.65. The maximum absolute atomic E-state index is 13.0. The van der Waals surface area contributed by atoms with E-state index >= 15 is 0 Å². The van der Waals surface area contributed by atoms with Crippen molar-refractivity contribution >= 4 is 24.0 Å². The zero-order chi connectivity index (χ0) is 33.0. The summed E-state index contributed by atoms with van der Waals surface area (Å²) in [6.45, 7) is 18.2. The Bertz CT molecular complexity index is 1300. The van der Waals surface area contributed by atoms with Crippen LogP contribution < -0.4 is 19.9 Å². The van der Waals surface area contributed by atoms with Gasteiger partial charge < -0.3 is 34.0 Å². The van der Waals surface area contributed by atoms with Gasteiger partial charge in [0.2, 0.25) is 11.9 Å². The molecule has 1 N–H and O–H groups in total. The largest absolute Gasteiger partial charge is 0.490 e. The van der Waals surface area contributed by atoms with Crippen molar-refractivity contribution in [2.24, 2.45) is 17.8 Å². The molecule has 4 atom stereocenters. The lowest BCUT2D eigenvalue weighted by molar-refractivity contribution is -0.137. The summed E-state index contributed by atoms with van der Waals surface area (Å²) in [6, 6.07) is 0.144. The summed E-state index contributed by atoms with van der Waals surface area (Å²) in [5.74, 6) is 3.81. The average Bonchev–Trinajstić information content (AvgIpc) is 3.65. The van der Waals surface area contributed by atoms with E-state index in [1.807, 2.05) is 30.6 Å². The van der Waals surface area contributed by atoms with Crippen LogP contribution >= 0.6 is 0 Å². The normalized spacial score (nSPS) is 23.6. The summed E-state index contributed by atoms with van der Waals surface area (Å²) < 4.78 is 17.1. The van der Waals surface area contributed by atoms with Gasteiger partial charge in [-0.3, -0.25) is 4.79 Å². The predicted molar refractivity (Wildman–Crippen MR) is 174 cm³/mol. The molecule has 3 fully saturated rings. The molecule has 0 saturated carbocycles. The summed E-state index contributed by atoms with van der Waals surface area (Å²) >= 11 is 0. The van der Waals surface area contributed by atoms with E-state index in [-0.39, 0.29) is 23.9 Å². The van der Waals surface area contributed by atoms with Gasteiger partial charge in [-0.1, -0.05) is 32.9 Å². The van der Waals surface area contributed by atoms with Gasteiger partial charge in [0.05, 0.1) is 31.1 Å². The van der Waals surface area contributed by atoms with Gasteiger partial charge in [-0.15, -0.1) is 0 Å². The first-order valence-electron chi connectivity index (χ1n) is 16.9. The Hall–Kier alpha value is -3.64. The number of ether oxygens (including phenoxy) is 2. The highest BCUT2D eigenvalue weighted by Gasteiger charge is 2.42. The molecule has 254 valence electrons. The van der Waals surface area contributed by atoms with E-state index in [0.29, 0.717) is 68.1 Å². The molecule has 2 aromatic rings. The minimum atomic E-state index is -0.615. The number of likely N-dealkylation sites (tertiary alicyclic amines) is 1. The first-order valence-corrected chi connectivity index (χ1v) is 16.9. The summed E-state index contributed by atoms with van der Waals surface area (Å²) in [6.07, 6.45) is 7.51. The minimum Gasteiger partial charge on any atom is -0.490 e. The molecule has 0 aromatic carbocycles. The molecule has 13 nitrogen and oxygen atoms in total. The second-order valence-corrected chi connectivity index (χ2v) is 14.7. The Labute approximate surface area is 272 Å². The molecule has 0 spiro atoms. The maximum Gasteiger partial charge on any atom is 0.408 e. The van der Waals surface area contributed by atoms with Crippen LogP contribution in [0.25, 0.3) is 0 Å². The third kappa shape index (κ3) is 8.58. The average molecular weight is 641 g/mol. The van der Waals surface area contributed by atoms with Crippen molar-refractivity contribution in [3.05, 3.63) is 18.2 Å². The van der Waals surface area contributed by atoms with Crippen LogP contribution in [0.4, 0.5) is 16.8 Å². The monoisotopic (exact) mass is 640 g/mol. The van der Waals surface area contributed by atoms with Gasteiger partial charge in [0.25, 0.3) is 0 Å². The SMILES string of the molecule is CC(C)c1noc(N2CCC([C@H](C)CCOc3cnc(N4C[C@H](NC(=O)OC(C)(C)C)[C@H](N5CC[C@H](C)CC5=O)C4)nc3)CC2)n1. The number of aromatic nitrogens is 4. The molecule has 2 amide bonds. The minimum absolute atomic E-state index is 0.123. The van der Waals surface area contributed by atoms with Crippen molar-refractivity contribution in [3.63, 3.8) is 0 Å². The zero-order valence-corrected chi connectivity index (χ0v) is 28.6. The topological polar surface area (TPSA) is 139 Å². The molecular formula is C33H52N8O5. The van der Waals surface area contributed by atoms with Crippen LogP contribution in [0.15, 0.2) is 16.9 Å². The van der Waals surface area contributed by atoms with Crippen molar-refractivity contribution < 1.29 is 23.6 Å². The van der Waals surface area contributed by atoms with Crippen LogP contribution in [-0.2, 0) is 9.53 Å². The van der Waals surface area contributed by atoms with Crippen LogP contribution in [0.3, 0.4) is 0 Å². The zero-order valence-electron chi connectivity index (χ0n) is 28.6. The molecule has 5 rings (SSSR count). The van der Waals surface area contributed by atoms with E-state index in [9.17, 15) is 9.59 Å². The Balaban J connectivity index is 1.11. The van der Waals surface area contributed by atoms with Gasteiger partial charge in [-0.05, 0) is 64.2 Å². The first-order chi connectivity index (χ1) is 21.9. The van der Waals surface area contributed by atoms with E-state index in [1.165, 1.54) is 0 Å². The molecule has 5 heterocycles. The van der Waals surface area contributed by atoms with Gasteiger partial charge in [0, 0.05) is 45.1 Å². The van der Waals surface area contributed by atoms with Crippen LogP contribution in [-0.4, -0.2) is 94.0 Å². The summed E-state index contributed by atoms with van der Waals surface area (Å²) in [5.41, 5.74) is -0.615. The van der Waals surface area contributed by atoms with E-state index in [2.05, 4.69) is 58.0 Å². The lowest BCUT2D eigenvalue weighted by Crippen LogP contribution is -2.55. The Morgan fingerprint density at radius 2 is 1.78 bits per heavy atom. The third-order valence-corrected chi connectivity index (χ3v) is 9.40. The van der Waals surface area contributed by atoms with Crippen molar-refractivity contribution in [2.45, 2.75) is 104 Å². The van der Waals surface area contributed by atoms with Gasteiger partial charge in [-0.2, -0.15) is 4.98 Å². The number of rotatable bonds is 10. The molecule has 3 aliphatic rings. The van der Waals surface area contributed by atoms with Crippen LogP contribution in [0.2, 0.25) is 0 Å². The molecule has 3 saturated heterocycles. The number of alkyl carbamates (subject to hydrolysis) is 1. The summed E-state index contributed by atoms with van der Waals surface area (Å²) in [5, 5.41) is 7.12. The second kappa shape index (κ2) is 14.4. The van der Waals surface area contributed by atoms with Gasteiger partial charge in [0.15, 0.2) is 11.6 Å². The number of nitrogens with zero attached hydrogens (tertiary/aromatic N) is 7. The maximum atomic E-state index is 13.0. The Morgan fingerprint density at radius 3 is 2.41 bits per heavy atom. The standard InChI is InChI=1S/C33H52N8O5/c1-21(2)29-37-31(46-38-29)39-12-9-24(10-13-39)23(4)11-15-44-25-17-34-30(35-18-25)40-19-26(36-32(43)45-33(5,6)7)27(20-40)41-14-8-22(3)16-28(41)42/h17-18,21-24,26-27H,8-16,19-20H2,1-7H3,(H,36,43)/t22-,23+,26-,27+/m0/s1. The van der Waals surface area contributed by atoms with E-state index in [4.69, 9.17) is 14.0 Å². The molecule has 0 unspecified atom stereocenters. The molecule has 0 aliphatic carbocycles. The third-order valence-electron chi connectivity index (χ3n) is 9.40. The number of carbonyl (C=O) groups is 2. The number of piperidine rings is 2. The number of nitrogens with one attached hydrogen (secondary N) is 1. The van der Waals surface area contributed by atoms with Crippen molar-refractivity contribution in [1.82, 2.24) is 30.3 Å². The first kappa shape index (κ1) is 33.7. The number of amides is 2. The Kier molecular flexibility index (Phi) is 10.6. The van der Waals surface area contributed by atoms with E-state index < -0.39 is 11.7 Å². The van der Waals surface area contributed by atoms with E-state index in [0.717, 1.165) is 44.6 Å². The van der Waals surface area contributed by atoms with Crippen molar-refractivity contribution in [1.29, 1.82) is 0 Å². The Morgan fingerprint density at radius 1 is 1.07 bits per heavy atom. The van der Waals surface area contributed by atoms with Crippen molar-refractivity contribution in [2.75, 3.05) is 49.1 Å². The highest BCUT2D eigenvalue weighted by Crippen LogP contribution is 2.30. The number of hydrogen-bond donors (Lipinski definition) is 1. The highest BCUT2D eigenvalue weighted by molar-refractivity contribution is 5.78. The van der Waals surface area contributed by atoms with Gasteiger partial charge in [-0.25, -0.2) is 14.8 Å². The van der Waals surface area contributed by atoms with Crippen LogP contribution in [0.5, 0.6) is 5.75 Å². The lowest BCUT2D eigenvalue weighted by atomic mass is 9.84. The fourth-order valence-electron chi connectivity index (χ4n) is 6.61. The smallest absolute Gasteiger partial charge is 0.408 e. The quantitative estimate of drug-likeness (QED) is 0.388. The number of hydrogen-bond acceptors (Lipinski definition) is 11. The summed E-state index contributed by atoms with van der Waals surface area (Å²) in [4.78, 5) is 45.6. The molecule has 13 heteroatoms. The number of anilines is 2.